The quantitative estimate of drug-likeness (QED) is 0.406. The van der Waals surface area contributed by atoms with Crippen LogP contribution in [0.2, 0.25) is 0 Å². The highest BCUT2D eigenvalue weighted by Gasteiger charge is 2.85. The Bertz CT molecular complexity index is 441. The maximum absolute atomic E-state index is 13.7. The van der Waals surface area contributed by atoms with Gasteiger partial charge in [-0.2, -0.15) is 39.5 Å². The Hall–Kier alpha value is -1.42. The predicted octanol–water partition coefficient (Wildman–Crippen LogP) is 4.35. The molecule has 2 nitrogen and oxygen atoms in total. The van der Waals surface area contributed by atoms with Crippen LogP contribution in [0.1, 0.15) is 20.3 Å². The minimum Gasteiger partial charge on any atom is -0.450 e. The summed E-state index contributed by atoms with van der Waals surface area (Å²) in [6.07, 6.45) is -7.83. The Morgan fingerprint density at radius 1 is 0.955 bits per heavy atom. The van der Waals surface area contributed by atoms with Gasteiger partial charge in [0, 0.05) is 6.08 Å². The normalized spacial score (nSPS) is 16.9. The molecular formula is C11H11F9O2. The van der Waals surface area contributed by atoms with Gasteiger partial charge in [-0.05, 0) is 13.3 Å². The van der Waals surface area contributed by atoms with Gasteiger partial charge >= 0.3 is 29.9 Å². The molecule has 22 heavy (non-hydrogen) atoms. The van der Waals surface area contributed by atoms with E-state index < -0.39 is 41.9 Å². The molecule has 0 aliphatic rings. The molecule has 0 aliphatic carbocycles. The summed E-state index contributed by atoms with van der Waals surface area (Å²) in [5, 5.41) is 0. The molecule has 0 N–H and O–H groups in total. The van der Waals surface area contributed by atoms with Crippen molar-refractivity contribution in [3.05, 3.63) is 12.7 Å². The second-order valence-corrected chi connectivity index (χ2v) is 4.43. The van der Waals surface area contributed by atoms with E-state index in [0.717, 1.165) is 6.92 Å². The first-order valence-electron chi connectivity index (χ1n) is 5.57. The minimum atomic E-state index is -7.04. The van der Waals surface area contributed by atoms with Crippen LogP contribution in [0, 0.1) is 0 Å². The third-order valence-electron chi connectivity index (χ3n) is 2.98. The van der Waals surface area contributed by atoms with E-state index in [-0.39, 0.29) is 13.0 Å². The average Bonchev–Trinajstić information content (AvgIpc) is 2.36. The molecule has 0 saturated heterocycles. The molecule has 0 bridgehead atoms. The van der Waals surface area contributed by atoms with Crippen molar-refractivity contribution < 1.29 is 49.0 Å². The van der Waals surface area contributed by atoms with Crippen LogP contribution in [0.3, 0.4) is 0 Å². The third-order valence-corrected chi connectivity index (χ3v) is 2.98. The zero-order valence-corrected chi connectivity index (χ0v) is 11.2. The van der Waals surface area contributed by atoms with Crippen molar-refractivity contribution in [3.8, 4) is 0 Å². The lowest BCUT2D eigenvalue weighted by atomic mass is 9.86. The summed E-state index contributed by atoms with van der Waals surface area (Å²) >= 11 is 0. The highest BCUT2D eigenvalue weighted by atomic mass is 19.4. The lowest BCUT2D eigenvalue weighted by Crippen LogP contribution is -2.68. The molecule has 130 valence electrons. The lowest BCUT2D eigenvalue weighted by molar-refractivity contribution is -0.415. The van der Waals surface area contributed by atoms with Crippen molar-refractivity contribution >= 4 is 5.97 Å². The molecule has 0 radical (unpaired) electrons. The van der Waals surface area contributed by atoms with Gasteiger partial charge in [0.15, 0.2) is 5.60 Å². The van der Waals surface area contributed by atoms with Crippen molar-refractivity contribution in [2.24, 2.45) is 0 Å². The van der Waals surface area contributed by atoms with Crippen molar-refractivity contribution in [2.45, 2.75) is 49.8 Å². The van der Waals surface area contributed by atoms with E-state index in [1.165, 1.54) is 0 Å². The Balaban J connectivity index is 6.06. The van der Waals surface area contributed by atoms with Gasteiger partial charge in [0.1, 0.15) is 0 Å². The first-order valence-corrected chi connectivity index (χ1v) is 5.57. The number of esters is 1. The van der Waals surface area contributed by atoms with Crippen molar-refractivity contribution in [3.63, 3.8) is 0 Å². The molecule has 0 amide bonds. The van der Waals surface area contributed by atoms with Crippen LogP contribution in [0.5, 0.6) is 0 Å². The van der Waals surface area contributed by atoms with Crippen molar-refractivity contribution in [1.29, 1.82) is 0 Å². The van der Waals surface area contributed by atoms with Gasteiger partial charge in [-0.3, -0.25) is 0 Å². The van der Waals surface area contributed by atoms with Crippen LogP contribution in [0.25, 0.3) is 0 Å². The zero-order chi connectivity index (χ0) is 18.2. The first kappa shape index (κ1) is 20.6. The number of carbonyl (C=O) groups excluding carboxylic acids is 1. The molecule has 0 aliphatic heterocycles. The van der Waals surface area contributed by atoms with Crippen molar-refractivity contribution in [2.75, 3.05) is 0 Å². The fourth-order valence-corrected chi connectivity index (χ4v) is 1.33. The number of ether oxygens (including phenoxy) is 1. The molecule has 0 fully saturated rings. The second kappa shape index (κ2) is 5.65. The van der Waals surface area contributed by atoms with Gasteiger partial charge in [-0.25, -0.2) is 4.79 Å². The standard InChI is InChI=1S/C11H11F9O2/c1-4-6(21)22-7(3,5-2)8(12,13)9(14,15)10(16,17)11(18,19)20/h4H,1,5H2,2-3H3. The molecule has 0 spiro atoms. The van der Waals surface area contributed by atoms with Gasteiger partial charge in [0.05, 0.1) is 0 Å². The largest absolute Gasteiger partial charge is 0.460 e. The molecule has 0 rings (SSSR count). The Kier molecular flexibility index (Phi) is 5.29. The van der Waals surface area contributed by atoms with E-state index in [1.54, 1.807) is 0 Å². The topological polar surface area (TPSA) is 26.3 Å². The van der Waals surface area contributed by atoms with Crippen LogP contribution < -0.4 is 0 Å². The molecule has 0 aromatic rings. The Morgan fingerprint density at radius 2 is 1.36 bits per heavy atom. The van der Waals surface area contributed by atoms with Crippen LogP contribution in [-0.2, 0) is 9.53 Å². The van der Waals surface area contributed by atoms with Gasteiger partial charge < -0.3 is 4.74 Å². The minimum absolute atomic E-state index is 0.120. The molecule has 0 heterocycles. The molecule has 1 unspecified atom stereocenters. The Labute approximate surface area is 118 Å². The number of alkyl halides is 9. The number of hydrogen-bond donors (Lipinski definition) is 0. The number of halogens is 9. The molecule has 0 aromatic heterocycles. The van der Waals surface area contributed by atoms with Crippen molar-refractivity contribution in [1.82, 2.24) is 0 Å². The fraction of sp³-hybridized carbons (Fsp3) is 0.727. The summed E-state index contributed by atoms with van der Waals surface area (Å²) in [5.41, 5.74) is -3.61. The maximum atomic E-state index is 13.7. The predicted molar refractivity (Wildman–Crippen MR) is 55.9 cm³/mol. The first-order chi connectivity index (χ1) is 9.52. The van der Waals surface area contributed by atoms with E-state index in [1.807, 2.05) is 0 Å². The van der Waals surface area contributed by atoms with Gasteiger partial charge in [0.2, 0.25) is 0 Å². The third kappa shape index (κ3) is 2.89. The molecule has 0 aromatic carbocycles. The number of hydrogen-bond acceptors (Lipinski definition) is 2. The van der Waals surface area contributed by atoms with E-state index in [0.29, 0.717) is 0 Å². The lowest BCUT2D eigenvalue weighted by Gasteiger charge is -2.42. The SMILES string of the molecule is C=CC(=O)OC(C)(CC)C(F)(F)C(F)(F)C(F)(F)C(F)(F)F. The molecule has 11 heteroatoms. The van der Waals surface area contributed by atoms with E-state index in [2.05, 4.69) is 11.3 Å². The summed E-state index contributed by atoms with van der Waals surface area (Å²) in [6.45, 7) is 3.64. The summed E-state index contributed by atoms with van der Waals surface area (Å²) in [5.74, 6) is -21.6. The van der Waals surface area contributed by atoms with Crippen LogP contribution >= 0.6 is 0 Å². The van der Waals surface area contributed by atoms with Gasteiger partial charge in [-0.1, -0.05) is 13.5 Å². The summed E-state index contributed by atoms with van der Waals surface area (Å²) < 4.78 is 119. The zero-order valence-electron chi connectivity index (χ0n) is 11.2. The van der Waals surface area contributed by atoms with E-state index in [4.69, 9.17) is 0 Å². The molecular weight excluding hydrogens is 335 g/mol. The van der Waals surface area contributed by atoms with Gasteiger partial charge in [0.25, 0.3) is 0 Å². The van der Waals surface area contributed by atoms with Crippen LogP contribution in [-0.4, -0.2) is 35.5 Å². The smallest absolute Gasteiger partial charge is 0.450 e. The second-order valence-electron chi connectivity index (χ2n) is 4.43. The van der Waals surface area contributed by atoms with Gasteiger partial charge in [-0.15, -0.1) is 0 Å². The highest BCUT2D eigenvalue weighted by Crippen LogP contribution is 2.57. The summed E-state index contributed by atoms with van der Waals surface area (Å²) in [4.78, 5) is 10.9. The average molecular weight is 346 g/mol. The summed E-state index contributed by atoms with van der Waals surface area (Å²) in [6, 6.07) is 0. The van der Waals surface area contributed by atoms with Crippen LogP contribution in [0.15, 0.2) is 12.7 Å². The fourth-order valence-electron chi connectivity index (χ4n) is 1.33. The maximum Gasteiger partial charge on any atom is 0.460 e. The van der Waals surface area contributed by atoms with Crippen LogP contribution in [0.4, 0.5) is 39.5 Å². The molecule has 1 atom stereocenters. The monoisotopic (exact) mass is 346 g/mol. The van der Waals surface area contributed by atoms with E-state index in [9.17, 15) is 44.3 Å². The molecule has 0 saturated carbocycles. The summed E-state index contributed by atoms with van der Waals surface area (Å²) in [7, 11) is 0. The van der Waals surface area contributed by atoms with E-state index >= 15 is 0 Å². The number of rotatable bonds is 6. The Morgan fingerprint density at radius 3 is 1.64 bits per heavy atom. The number of carbonyl (C=O) groups is 1. The highest BCUT2D eigenvalue weighted by molar-refractivity contribution is 5.81.